The quantitative estimate of drug-likeness (QED) is 0.876. The lowest BCUT2D eigenvalue weighted by Crippen LogP contribution is -2.53. The third-order valence-electron chi connectivity index (χ3n) is 4.11. The Balaban J connectivity index is 2.01. The second kappa shape index (κ2) is 5.70. The molecule has 1 aliphatic rings. The number of nitrogens with two attached hydrogens (primary N) is 1. The third kappa shape index (κ3) is 3.32. The van der Waals surface area contributed by atoms with E-state index >= 15 is 0 Å². The van der Waals surface area contributed by atoms with Gasteiger partial charge >= 0.3 is 0 Å². The van der Waals surface area contributed by atoms with Crippen LogP contribution in [0.25, 0.3) is 0 Å². The molecule has 19 heavy (non-hydrogen) atoms. The molecule has 0 aliphatic heterocycles. The first-order valence-corrected chi connectivity index (χ1v) is 7.00. The Morgan fingerprint density at radius 2 is 2.37 bits per heavy atom. The summed E-state index contributed by atoms with van der Waals surface area (Å²) in [5.74, 6) is -0.0126. The molecule has 4 heteroatoms. The Bertz CT molecular complexity index is 430. The number of carbonyl (C=O) groups excluding carboxylic acids is 1. The Hall–Kier alpha value is -1.42. The molecule has 1 aromatic heterocycles. The maximum atomic E-state index is 12.4. The molecule has 3 atom stereocenters. The van der Waals surface area contributed by atoms with Crippen molar-refractivity contribution in [3.63, 3.8) is 0 Å². The van der Waals surface area contributed by atoms with Crippen LogP contribution in [0.2, 0.25) is 0 Å². The zero-order valence-electron chi connectivity index (χ0n) is 11.7. The first kappa shape index (κ1) is 14.0. The Morgan fingerprint density at radius 1 is 1.58 bits per heavy atom. The molecule has 1 aromatic rings. The molecule has 3 unspecified atom stereocenters. The second-order valence-electron chi connectivity index (χ2n) is 5.82. The van der Waals surface area contributed by atoms with E-state index in [-0.39, 0.29) is 23.4 Å². The van der Waals surface area contributed by atoms with Crippen molar-refractivity contribution in [3.8, 4) is 0 Å². The van der Waals surface area contributed by atoms with Gasteiger partial charge < -0.3 is 11.1 Å². The fourth-order valence-corrected chi connectivity index (χ4v) is 2.82. The van der Waals surface area contributed by atoms with Crippen LogP contribution in [0.3, 0.4) is 0 Å². The predicted molar refractivity (Wildman–Crippen MR) is 75.3 cm³/mol. The van der Waals surface area contributed by atoms with Gasteiger partial charge in [-0.1, -0.05) is 18.9 Å². The lowest BCUT2D eigenvalue weighted by atomic mass is 9.74. The average Bonchev–Trinajstić information content (AvgIpc) is 2.39. The molecule has 4 nitrogen and oxygen atoms in total. The summed E-state index contributed by atoms with van der Waals surface area (Å²) in [6.07, 6.45) is 7.54. The summed E-state index contributed by atoms with van der Waals surface area (Å²) in [4.78, 5) is 16.5. The third-order valence-corrected chi connectivity index (χ3v) is 4.11. The van der Waals surface area contributed by atoms with E-state index in [1.54, 1.807) is 12.4 Å². The number of nitrogens with zero attached hydrogens (tertiary/aromatic N) is 1. The highest BCUT2D eigenvalue weighted by Crippen LogP contribution is 2.32. The van der Waals surface area contributed by atoms with Crippen molar-refractivity contribution >= 4 is 5.91 Å². The van der Waals surface area contributed by atoms with Crippen LogP contribution in [0.5, 0.6) is 0 Å². The second-order valence-corrected chi connectivity index (χ2v) is 5.82. The number of amides is 1. The minimum absolute atomic E-state index is 0.0288. The highest BCUT2D eigenvalue weighted by atomic mass is 16.2. The van der Waals surface area contributed by atoms with Crippen LogP contribution < -0.4 is 11.1 Å². The molecule has 0 spiro atoms. The maximum Gasteiger partial charge on any atom is 0.225 e. The number of nitrogens with one attached hydrogen (secondary N) is 1. The summed E-state index contributed by atoms with van der Waals surface area (Å²) in [7, 11) is 0. The number of hydrogen-bond acceptors (Lipinski definition) is 3. The molecule has 1 heterocycles. The first-order chi connectivity index (χ1) is 9.00. The van der Waals surface area contributed by atoms with E-state index in [0.29, 0.717) is 0 Å². The summed E-state index contributed by atoms with van der Waals surface area (Å²) < 4.78 is 0. The number of aromatic nitrogens is 1. The zero-order chi connectivity index (χ0) is 13.9. The SMILES string of the molecule is CC(NC(=O)C1CCCCC1(C)N)c1cccnc1. The summed E-state index contributed by atoms with van der Waals surface area (Å²) in [6.45, 7) is 3.97. The van der Waals surface area contributed by atoms with Crippen LogP contribution in [0.4, 0.5) is 0 Å². The van der Waals surface area contributed by atoms with Crippen molar-refractivity contribution in [3.05, 3.63) is 30.1 Å². The van der Waals surface area contributed by atoms with Gasteiger partial charge in [0, 0.05) is 17.9 Å². The van der Waals surface area contributed by atoms with Crippen LogP contribution in [-0.4, -0.2) is 16.4 Å². The Labute approximate surface area is 114 Å². The van der Waals surface area contributed by atoms with Crippen LogP contribution in [0.15, 0.2) is 24.5 Å². The zero-order valence-corrected chi connectivity index (χ0v) is 11.7. The summed E-state index contributed by atoms with van der Waals surface area (Å²) >= 11 is 0. The lowest BCUT2D eigenvalue weighted by Gasteiger charge is -2.37. The molecule has 104 valence electrons. The van der Waals surface area contributed by atoms with Crippen LogP contribution in [0, 0.1) is 5.92 Å². The van der Waals surface area contributed by atoms with E-state index in [9.17, 15) is 4.79 Å². The molecule has 0 bridgehead atoms. The molecular formula is C15H23N3O. The lowest BCUT2D eigenvalue weighted by molar-refractivity contribution is -0.128. The minimum atomic E-state index is -0.378. The van der Waals surface area contributed by atoms with Gasteiger partial charge in [-0.25, -0.2) is 0 Å². The fraction of sp³-hybridized carbons (Fsp3) is 0.600. The first-order valence-electron chi connectivity index (χ1n) is 7.00. The van der Waals surface area contributed by atoms with E-state index in [1.165, 1.54) is 0 Å². The van der Waals surface area contributed by atoms with Crippen LogP contribution in [0.1, 0.15) is 51.1 Å². The summed E-state index contributed by atoms with van der Waals surface area (Å²) in [5, 5.41) is 3.06. The van der Waals surface area contributed by atoms with E-state index in [0.717, 1.165) is 31.2 Å². The monoisotopic (exact) mass is 261 g/mol. The van der Waals surface area contributed by atoms with Gasteiger partial charge in [0.1, 0.15) is 0 Å². The normalized spacial score (nSPS) is 28.7. The molecular weight excluding hydrogens is 238 g/mol. The molecule has 1 fully saturated rings. The maximum absolute atomic E-state index is 12.4. The summed E-state index contributed by atoms with van der Waals surface area (Å²) in [6, 6.07) is 3.82. The number of carbonyl (C=O) groups is 1. The molecule has 0 radical (unpaired) electrons. The van der Waals surface area contributed by atoms with E-state index in [1.807, 2.05) is 26.0 Å². The molecule has 0 aromatic carbocycles. The molecule has 0 saturated heterocycles. The van der Waals surface area contributed by atoms with E-state index < -0.39 is 0 Å². The van der Waals surface area contributed by atoms with Crippen molar-refractivity contribution in [1.29, 1.82) is 0 Å². The Morgan fingerprint density at radius 3 is 3.00 bits per heavy atom. The molecule has 1 aliphatic carbocycles. The van der Waals surface area contributed by atoms with Crippen molar-refractivity contribution in [1.82, 2.24) is 10.3 Å². The van der Waals surface area contributed by atoms with Crippen molar-refractivity contribution in [2.45, 2.75) is 51.1 Å². The van der Waals surface area contributed by atoms with Gasteiger partial charge in [0.25, 0.3) is 0 Å². The van der Waals surface area contributed by atoms with Gasteiger partial charge in [-0.2, -0.15) is 0 Å². The summed E-state index contributed by atoms with van der Waals surface area (Å²) in [5.41, 5.74) is 6.91. The van der Waals surface area contributed by atoms with Gasteiger partial charge in [-0.05, 0) is 38.3 Å². The molecule has 3 N–H and O–H groups in total. The Kier molecular flexibility index (Phi) is 4.20. The van der Waals surface area contributed by atoms with Crippen molar-refractivity contribution < 1.29 is 4.79 Å². The van der Waals surface area contributed by atoms with Crippen LogP contribution in [-0.2, 0) is 4.79 Å². The fourth-order valence-electron chi connectivity index (χ4n) is 2.82. The standard InChI is InChI=1S/C15H23N3O/c1-11(12-6-5-9-17-10-12)18-14(19)13-7-3-4-8-15(13,2)16/h5-6,9-11,13H,3-4,7-8,16H2,1-2H3,(H,18,19). The predicted octanol–water partition coefficient (Wildman–Crippen LogP) is 2.17. The highest BCUT2D eigenvalue weighted by Gasteiger charge is 2.38. The van der Waals surface area contributed by atoms with Crippen molar-refractivity contribution in [2.75, 3.05) is 0 Å². The van der Waals surface area contributed by atoms with E-state index in [2.05, 4.69) is 10.3 Å². The molecule has 2 rings (SSSR count). The van der Waals surface area contributed by atoms with Gasteiger partial charge in [-0.15, -0.1) is 0 Å². The molecule has 1 amide bonds. The van der Waals surface area contributed by atoms with E-state index in [4.69, 9.17) is 5.73 Å². The van der Waals surface area contributed by atoms with Crippen LogP contribution >= 0.6 is 0 Å². The number of pyridine rings is 1. The average molecular weight is 261 g/mol. The smallest absolute Gasteiger partial charge is 0.225 e. The van der Waals surface area contributed by atoms with Crippen molar-refractivity contribution in [2.24, 2.45) is 11.7 Å². The van der Waals surface area contributed by atoms with Gasteiger partial charge in [0.15, 0.2) is 0 Å². The molecule has 1 saturated carbocycles. The van der Waals surface area contributed by atoms with Gasteiger partial charge in [0.2, 0.25) is 5.91 Å². The minimum Gasteiger partial charge on any atom is -0.349 e. The number of hydrogen-bond donors (Lipinski definition) is 2. The topological polar surface area (TPSA) is 68.0 Å². The van der Waals surface area contributed by atoms with Gasteiger partial charge in [-0.3, -0.25) is 9.78 Å². The number of rotatable bonds is 3. The van der Waals surface area contributed by atoms with Gasteiger partial charge in [0.05, 0.1) is 12.0 Å². The highest BCUT2D eigenvalue weighted by molar-refractivity contribution is 5.80. The largest absolute Gasteiger partial charge is 0.349 e.